The summed E-state index contributed by atoms with van der Waals surface area (Å²) < 4.78 is 0. The van der Waals surface area contributed by atoms with Crippen LogP contribution in [0.4, 0.5) is 5.00 Å². The number of thiophene rings is 1. The topological polar surface area (TPSA) is 130 Å². The van der Waals surface area contributed by atoms with Crippen molar-refractivity contribution in [3.8, 4) is 0 Å². The van der Waals surface area contributed by atoms with Crippen LogP contribution >= 0.6 is 11.3 Å². The molecule has 0 spiro atoms. The highest BCUT2D eigenvalue weighted by molar-refractivity contribution is 7.13. The van der Waals surface area contributed by atoms with Crippen molar-refractivity contribution in [3.63, 3.8) is 0 Å². The third-order valence-corrected chi connectivity index (χ3v) is 2.65. The third-order valence-electron chi connectivity index (χ3n) is 1.77. The molecule has 1 unspecified atom stereocenters. The number of rotatable bonds is 5. The first-order chi connectivity index (χ1) is 7.91. The molecule has 1 atom stereocenters. The van der Waals surface area contributed by atoms with E-state index in [2.05, 4.69) is 5.32 Å². The van der Waals surface area contributed by atoms with E-state index in [1.165, 1.54) is 5.38 Å². The lowest BCUT2D eigenvalue weighted by molar-refractivity contribution is -0.380. The molecule has 1 aromatic rings. The summed E-state index contributed by atoms with van der Waals surface area (Å²) in [5.41, 5.74) is 0.0549. The van der Waals surface area contributed by atoms with Crippen LogP contribution in [0.1, 0.15) is 10.4 Å². The maximum atomic E-state index is 11.4. The zero-order chi connectivity index (χ0) is 13.0. The molecule has 17 heavy (non-hydrogen) atoms. The average molecular weight is 260 g/mol. The van der Waals surface area contributed by atoms with Gasteiger partial charge in [0.05, 0.1) is 17.0 Å². The molecule has 92 valence electrons. The van der Waals surface area contributed by atoms with Crippen molar-refractivity contribution in [2.45, 2.75) is 6.10 Å². The molecule has 3 N–H and O–H groups in total. The molecule has 0 saturated carbocycles. The van der Waals surface area contributed by atoms with Crippen molar-refractivity contribution in [1.29, 1.82) is 0 Å². The minimum atomic E-state index is -1.70. The highest BCUT2D eigenvalue weighted by Gasteiger charge is 2.17. The van der Waals surface area contributed by atoms with Gasteiger partial charge in [-0.1, -0.05) is 11.3 Å². The van der Waals surface area contributed by atoms with Gasteiger partial charge in [-0.3, -0.25) is 14.9 Å². The Bertz CT molecular complexity index is 457. The van der Waals surface area contributed by atoms with E-state index in [4.69, 9.17) is 10.2 Å². The van der Waals surface area contributed by atoms with Crippen LogP contribution in [-0.2, 0) is 4.79 Å². The third kappa shape index (κ3) is 3.50. The number of carbonyl (C=O) groups excluding carboxylic acids is 1. The molecule has 1 heterocycles. The van der Waals surface area contributed by atoms with Crippen LogP contribution in [0.2, 0.25) is 0 Å². The van der Waals surface area contributed by atoms with Crippen LogP contribution < -0.4 is 5.32 Å². The number of aliphatic carboxylic acids is 1. The molecular formula is C8H8N2O6S. The first-order valence-corrected chi connectivity index (χ1v) is 5.21. The molecule has 0 bridgehead atoms. The second-order valence-electron chi connectivity index (χ2n) is 2.99. The zero-order valence-electron chi connectivity index (χ0n) is 8.32. The van der Waals surface area contributed by atoms with Crippen LogP contribution in [0.5, 0.6) is 0 Å². The summed E-state index contributed by atoms with van der Waals surface area (Å²) in [6, 6.07) is 1.08. The van der Waals surface area contributed by atoms with Gasteiger partial charge < -0.3 is 15.5 Å². The van der Waals surface area contributed by atoms with Crippen LogP contribution in [0.15, 0.2) is 11.4 Å². The molecule has 1 rings (SSSR count). The van der Waals surface area contributed by atoms with E-state index < -0.39 is 29.4 Å². The molecule has 1 amide bonds. The second-order valence-corrected chi connectivity index (χ2v) is 3.88. The number of carboxylic acids is 1. The van der Waals surface area contributed by atoms with Gasteiger partial charge >= 0.3 is 11.0 Å². The van der Waals surface area contributed by atoms with Gasteiger partial charge in [0, 0.05) is 11.4 Å². The number of aliphatic hydroxyl groups is 1. The first-order valence-electron chi connectivity index (χ1n) is 4.34. The Kier molecular flexibility index (Phi) is 4.12. The number of hydrogen-bond acceptors (Lipinski definition) is 6. The van der Waals surface area contributed by atoms with Crippen molar-refractivity contribution in [2.75, 3.05) is 6.54 Å². The summed E-state index contributed by atoms with van der Waals surface area (Å²) in [7, 11) is 0. The number of nitrogens with one attached hydrogen (secondary N) is 1. The average Bonchev–Trinajstić information content (AvgIpc) is 2.74. The smallest absolute Gasteiger partial charge is 0.334 e. The molecule has 0 aliphatic rings. The number of carboxylic acid groups (broad SMARTS) is 1. The van der Waals surface area contributed by atoms with Crippen molar-refractivity contribution in [1.82, 2.24) is 5.32 Å². The van der Waals surface area contributed by atoms with Crippen molar-refractivity contribution in [3.05, 3.63) is 27.1 Å². The number of amides is 1. The molecule has 9 heteroatoms. The maximum Gasteiger partial charge on any atom is 0.334 e. The normalized spacial score (nSPS) is 11.8. The Balaban J connectivity index is 2.58. The molecule has 0 aliphatic carbocycles. The highest BCUT2D eigenvalue weighted by atomic mass is 32.1. The Labute approximate surface area is 98.6 Å². The largest absolute Gasteiger partial charge is 0.479 e. The van der Waals surface area contributed by atoms with Crippen molar-refractivity contribution < 1.29 is 24.7 Å². The summed E-state index contributed by atoms with van der Waals surface area (Å²) in [5.74, 6) is -2.13. The summed E-state index contributed by atoms with van der Waals surface area (Å²) in [6.07, 6.45) is -1.70. The van der Waals surface area contributed by atoms with Gasteiger partial charge in [-0.25, -0.2) is 4.79 Å². The van der Waals surface area contributed by atoms with Crippen molar-refractivity contribution in [2.24, 2.45) is 0 Å². The number of aliphatic hydroxyl groups excluding tert-OH is 1. The van der Waals surface area contributed by atoms with E-state index >= 15 is 0 Å². The number of nitrogens with zero attached hydrogens (tertiary/aromatic N) is 1. The lowest BCUT2D eigenvalue weighted by Gasteiger charge is -2.06. The lowest BCUT2D eigenvalue weighted by Crippen LogP contribution is -2.36. The first kappa shape index (κ1) is 13.1. The van der Waals surface area contributed by atoms with Gasteiger partial charge in [-0.05, 0) is 0 Å². The zero-order valence-corrected chi connectivity index (χ0v) is 9.14. The minimum absolute atomic E-state index is 0.0549. The Hall–Kier alpha value is -2.00. The van der Waals surface area contributed by atoms with Crippen LogP contribution in [-0.4, -0.2) is 39.7 Å². The van der Waals surface area contributed by atoms with E-state index in [0.29, 0.717) is 0 Å². The highest BCUT2D eigenvalue weighted by Crippen LogP contribution is 2.22. The lowest BCUT2D eigenvalue weighted by atomic mass is 10.3. The van der Waals surface area contributed by atoms with E-state index in [1.54, 1.807) is 0 Å². The molecule has 0 saturated heterocycles. The number of nitro groups is 1. The molecule has 0 fully saturated rings. The summed E-state index contributed by atoms with van der Waals surface area (Å²) >= 11 is 0.788. The fraction of sp³-hybridized carbons (Fsp3) is 0.250. The molecule has 8 nitrogen and oxygen atoms in total. The van der Waals surface area contributed by atoms with E-state index in [1.807, 2.05) is 0 Å². The van der Waals surface area contributed by atoms with Gasteiger partial charge in [0.2, 0.25) is 0 Å². The molecule has 0 aliphatic heterocycles. The van der Waals surface area contributed by atoms with Crippen molar-refractivity contribution >= 4 is 28.2 Å². The van der Waals surface area contributed by atoms with E-state index in [-0.39, 0.29) is 10.6 Å². The second kappa shape index (κ2) is 5.37. The van der Waals surface area contributed by atoms with Gasteiger partial charge in [-0.2, -0.15) is 0 Å². The van der Waals surface area contributed by atoms with Crippen LogP contribution in [0, 0.1) is 10.1 Å². The number of hydrogen-bond donors (Lipinski definition) is 3. The predicted octanol–water partition coefficient (Wildman–Crippen LogP) is -0.168. The van der Waals surface area contributed by atoms with E-state index in [0.717, 1.165) is 17.4 Å². The van der Waals surface area contributed by atoms with Crippen LogP contribution in [0.3, 0.4) is 0 Å². The Morgan fingerprint density at radius 1 is 1.59 bits per heavy atom. The minimum Gasteiger partial charge on any atom is -0.479 e. The Morgan fingerprint density at radius 3 is 2.71 bits per heavy atom. The van der Waals surface area contributed by atoms with E-state index in [9.17, 15) is 19.7 Å². The Morgan fingerprint density at radius 2 is 2.24 bits per heavy atom. The predicted molar refractivity (Wildman–Crippen MR) is 56.9 cm³/mol. The number of carbonyl (C=O) groups is 2. The molecule has 0 aromatic carbocycles. The molecular weight excluding hydrogens is 252 g/mol. The quantitative estimate of drug-likeness (QED) is 0.497. The molecule has 0 radical (unpaired) electrons. The van der Waals surface area contributed by atoms with Gasteiger partial charge in [0.15, 0.2) is 6.10 Å². The van der Waals surface area contributed by atoms with Gasteiger partial charge in [0.25, 0.3) is 5.91 Å². The maximum absolute atomic E-state index is 11.4. The molecule has 1 aromatic heterocycles. The SMILES string of the molecule is O=C(NCC(O)C(=O)O)c1csc([N+](=O)[O-])c1. The standard InChI is InChI=1S/C8H8N2O6S/c11-5(8(13)14)2-9-7(12)4-1-6(10(15)16)17-3-4/h1,3,5,11H,2H2,(H,9,12)(H,13,14). The summed E-state index contributed by atoms with van der Waals surface area (Å²) in [6.45, 7) is -0.461. The monoisotopic (exact) mass is 260 g/mol. The summed E-state index contributed by atoms with van der Waals surface area (Å²) in [4.78, 5) is 31.4. The summed E-state index contributed by atoms with van der Waals surface area (Å²) in [5, 5.41) is 30.8. The van der Waals surface area contributed by atoms with Gasteiger partial charge in [0.1, 0.15) is 0 Å². The fourth-order valence-electron chi connectivity index (χ4n) is 0.918. The fourth-order valence-corrected chi connectivity index (χ4v) is 1.62. The van der Waals surface area contributed by atoms with Gasteiger partial charge in [-0.15, -0.1) is 0 Å². The van der Waals surface area contributed by atoms with Crippen LogP contribution in [0.25, 0.3) is 0 Å².